The van der Waals surface area contributed by atoms with Gasteiger partial charge in [-0.25, -0.2) is 0 Å². The normalized spacial score (nSPS) is 17.8. The van der Waals surface area contributed by atoms with Crippen molar-refractivity contribution in [2.75, 3.05) is 6.38 Å². The van der Waals surface area contributed by atoms with Crippen molar-refractivity contribution in [3.05, 3.63) is 0 Å². The fourth-order valence-electron chi connectivity index (χ4n) is 1.17. The number of hydrogen-bond donors (Lipinski definition) is 1. The molecule has 1 aliphatic carbocycles. The molecule has 60 valence electrons. The molecule has 0 aliphatic heterocycles. The van der Waals surface area contributed by atoms with E-state index < -0.39 is 5.97 Å². The number of carboxylic acid groups (broad SMARTS) is 1. The van der Waals surface area contributed by atoms with Crippen molar-refractivity contribution in [3.8, 4) is 0 Å². The third-order valence-corrected chi connectivity index (χ3v) is 1.70. The minimum atomic E-state index is -0.609. The standard InChI is InChI=1S/C6H10O2.CH3Cl/c7-6(8)5-3-1-2-4-5;1-2/h5H,1-4H2,(H,7,8);1H3. The molecule has 0 spiro atoms. The molecule has 0 bridgehead atoms. The van der Waals surface area contributed by atoms with Crippen LogP contribution in [0, 0.1) is 5.92 Å². The average Bonchev–Trinajstić information content (AvgIpc) is 2.42. The number of halogens is 1. The van der Waals surface area contributed by atoms with Gasteiger partial charge in [-0.1, -0.05) is 12.8 Å². The molecule has 1 fully saturated rings. The highest BCUT2D eigenvalue weighted by Gasteiger charge is 2.20. The molecule has 2 nitrogen and oxygen atoms in total. The molecule has 0 unspecified atom stereocenters. The SMILES string of the molecule is CCl.O=C(O)C1CCCC1. The summed E-state index contributed by atoms with van der Waals surface area (Å²) >= 11 is 4.64. The van der Waals surface area contributed by atoms with Crippen molar-refractivity contribution < 1.29 is 9.90 Å². The Kier molecular flexibility index (Phi) is 5.40. The molecule has 1 N–H and O–H groups in total. The van der Waals surface area contributed by atoms with Gasteiger partial charge in [-0.2, -0.15) is 0 Å². The Morgan fingerprint density at radius 2 is 1.80 bits per heavy atom. The molecular weight excluding hydrogens is 152 g/mol. The average molecular weight is 165 g/mol. The lowest BCUT2D eigenvalue weighted by atomic mass is 10.1. The van der Waals surface area contributed by atoms with E-state index in [1.165, 1.54) is 6.38 Å². The molecule has 1 rings (SSSR count). The van der Waals surface area contributed by atoms with Gasteiger partial charge in [-0.05, 0) is 12.8 Å². The van der Waals surface area contributed by atoms with Gasteiger partial charge in [0.25, 0.3) is 0 Å². The second kappa shape index (κ2) is 5.54. The minimum absolute atomic E-state index is 0.0185. The quantitative estimate of drug-likeness (QED) is 0.603. The topological polar surface area (TPSA) is 37.3 Å². The van der Waals surface area contributed by atoms with Gasteiger partial charge in [-0.3, -0.25) is 4.79 Å². The summed E-state index contributed by atoms with van der Waals surface area (Å²) in [6, 6.07) is 0. The highest BCUT2D eigenvalue weighted by Crippen LogP contribution is 2.24. The van der Waals surface area contributed by atoms with Crippen LogP contribution in [0.5, 0.6) is 0 Å². The van der Waals surface area contributed by atoms with Gasteiger partial charge in [0, 0.05) is 6.38 Å². The van der Waals surface area contributed by atoms with Crippen LogP contribution in [0.4, 0.5) is 0 Å². The van der Waals surface area contributed by atoms with E-state index in [2.05, 4.69) is 11.6 Å². The smallest absolute Gasteiger partial charge is 0.306 e. The van der Waals surface area contributed by atoms with Crippen molar-refractivity contribution >= 4 is 17.6 Å². The first-order valence-corrected chi connectivity index (χ1v) is 4.17. The first kappa shape index (κ1) is 9.76. The van der Waals surface area contributed by atoms with E-state index in [9.17, 15) is 4.79 Å². The summed E-state index contributed by atoms with van der Waals surface area (Å²) in [4.78, 5) is 10.2. The molecule has 0 atom stereocenters. The minimum Gasteiger partial charge on any atom is -0.481 e. The van der Waals surface area contributed by atoms with Gasteiger partial charge in [0.2, 0.25) is 0 Å². The van der Waals surface area contributed by atoms with Gasteiger partial charge >= 0.3 is 5.97 Å². The fraction of sp³-hybridized carbons (Fsp3) is 0.857. The summed E-state index contributed by atoms with van der Waals surface area (Å²) in [6.07, 6.45) is 5.48. The zero-order chi connectivity index (χ0) is 7.98. The molecule has 1 saturated carbocycles. The molecule has 0 radical (unpaired) electrons. The van der Waals surface area contributed by atoms with Crippen LogP contribution in [-0.4, -0.2) is 17.5 Å². The van der Waals surface area contributed by atoms with E-state index in [-0.39, 0.29) is 5.92 Å². The predicted molar refractivity (Wildman–Crippen MR) is 41.4 cm³/mol. The predicted octanol–water partition coefficient (Wildman–Crippen LogP) is 2.12. The van der Waals surface area contributed by atoms with Gasteiger partial charge in [0.15, 0.2) is 0 Å². The molecule has 10 heavy (non-hydrogen) atoms. The Bertz CT molecular complexity index is 97.8. The maximum atomic E-state index is 10.2. The largest absolute Gasteiger partial charge is 0.481 e. The van der Waals surface area contributed by atoms with E-state index in [1.807, 2.05) is 0 Å². The number of aliphatic carboxylic acids is 1. The van der Waals surface area contributed by atoms with Gasteiger partial charge in [0.1, 0.15) is 0 Å². The lowest BCUT2D eigenvalue weighted by Crippen LogP contribution is -2.07. The zero-order valence-electron chi connectivity index (χ0n) is 6.14. The first-order chi connectivity index (χ1) is 4.80. The Morgan fingerprint density at radius 3 is 2.00 bits per heavy atom. The third-order valence-electron chi connectivity index (χ3n) is 1.70. The lowest BCUT2D eigenvalue weighted by molar-refractivity contribution is -0.141. The van der Waals surface area contributed by atoms with Crippen LogP contribution >= 0.6 is 11.6 Å². The van der Waals surface area contributed by atoms with E-state index in [4.69, 9.17) is 5.11 Å². The molecular formula is C7H13ClO2. The second-order valence-electron chi connectivity index (χ2n) is 2.32. The maximum Gasteiger partial charge on any atom is 0.306 e. The van der Waals surface area contributed by atoms with Crippen LogP contribution in [0.2, 0.25) is 0 Å². The summed E-state index contributed by atoms with van der Waals surface area (Å²) < 4.78 is 0. The molecule has 0 heterocycles. The lowest BCUT2D eigenvalue weighted by Gasteiger charge is -1.97. The van der Waals surface area contributed by atoms with E-state index >= 15 is 0 Å². The number of alkyl halides is 1. The molecule has 0 aromatic carbocycles. The van der Waals surface area contributed by atoms with Crippen LogP contribution in [-0.2, 0) is 4.79 Å². The molecule has 0 aromatic rings. The van der Waals surface area contributed by atoms with Crippen molar-refractivity contribution in [1.82, 2.24) is 0 Å². The fourth-order valence-corrected chi connectivity index (χ4v) is 1.17. The van der Waals surface area contributed by atoms with Gasteiger partial charge in [-0.15, -0.1) is 11.6 Å². The van der Waals surface area contributed by atoms with Crippen molar-refractivity contribution in [2.24, 2.45) is 5.92 Å². The van der Waals surface area contributed by atoms with Gasteiger partial charge < -0.3 is 5.11 Å². The number of carbonyl (C=O) groups is 1. The molecule has 0 amide bonds. The molecule has 0 aromatic heterocycles. The van der Waals surface area contributed by atoms with E-state index in [0.29, 0.717) is 0 Å². The van der Waals surface area contributed by atoms with Crippen LogP contribution in [0.1, 0.15) is 25.7 Å². The van der Waals surface area contributed by atoms with Crippen LogP contribution in [0.3, 0.4) is 0 Å². The Hall–Kier alpha value is -0.240. The van der Waals surface area contributed by atoms with Crippen molar-refractivity contribution in [1.29, 1.82) is 0 Å². The van der Waals surface area contributed by atoms with E-state index in [0.717, 1.165) is 25.7 Å². The summed E-state index contributed by atoms with van der Waals surface area (Å²) in [5, 5.41) is 8.41. The highest BCUT2D eigenvalue weighted by molar-refractivity contribution is 6.15. The summed E-state index contributed by atoms with van der Waals surface area (Å²) in [7, 11) is 0. The summed E-state index contributed by atoms with van der Waals surface area (Å²) in [5.74, 6) is -0.627. The first-order valence-electron chi connectivity index (χ1n) is 3.41. The number of hydrogen-bond acceptors (Lipinski definition) is 1. The van der Waals surface area contributed by atoms with Crippen LogP contribution in [0.25, 0.3) is 0 Å². The Balaban J connectivity index is 0.000000371. The number of rotatable bonds is 1. The van der Waals surface area contributed by atoms with Crippen molar-refractivity contribution in [3.63, 3.8) is 0 Å². The molecule has 0 saturated heterocycles. The van der Waals surface area contributed by atoms with Gasteiger partial charge in [0.05, 0.1) is 5.92 Å². The van der Waals surface area contributed by atoms with E-state index in [1.54, 1.807) is 0 Å². The zero-order valence-corrected chi connectivity index (χ0v) is 6.90. The third kappa shape index (κ3) is 3.06. The van der Waals surface area contributed by atoms with Crippen molar-refractivity contribution in [2.45, 2.75) is 25.7 Å². The second-order valence-corrected chi connectivity index (χ2v) is 2.32. The molecule has 1 aliphatic rings. The Labute approximate surface area is 66.2 Å². The number of carboxylic acids is 1. The molecule has 3 heteroatoms. The Morgan fingerprint density at radius 1 is 1.40 bits per heavy atom. The summed E-state index contributed by atoms with van der Waals surface area (Å²) in [5.41, 5.74) is 0. The van der Waals surface area contributed by atoms with Crippen LogP contribution in [0.15, 0.2) is 0 Å². The maximum absolute atomic E-state index is 10.2. The monoisotopic (exact) mass is 164 g/mol. The summed E-state index contributed by atoms with van der Waals surface area (Å²) in [6.45, 7) is 0. The van der Waals surface area contributed by atoms with Crippen LogP contribution < -0.4 is 0 Å². The highest BCUT2D eigenvalue weighted by atomic mass is 35.5.